The van der Waals surface area contributed by atoms with Gasteiger partial charge in [0.1, 0.15) is 12.4 Å². The summed E-state index contributed by atoms with van der Waals surface area (Å²) in [5.74, 6) is -0.535. The molecule has 0 aliphatic rings. The molecule has 0 unspecified atom stereocenters. The molecule has 0 atom stereocenters. The number of carbonyl (C=O) groups excluding carboxylic acids is 2. The summed E-state index contributed by atoms with van der Waals surface area (Å²) >= 11 is 5.93. The van der Waals surface area contributed by atoms with E-state index < -0.39 is 11.8 Å². The first-order valence-corrected chi connectivity index (χ1v) is 8.05. The van der Waals surface area contributed by atoms with Crippen LogP contribution in [0.1, 0.15) is 21.7 Å². The molecule has 9 nitrogen and oxygen atoms in total. The Morgan fingerprint density at radius 1 is 1.23 bits per heavy atom. The van der Waals surface area contributed by atoms with Crippen LogP contribution in [-0.4, -0.2) is 36.6 Å². The fourth-order valence-corrected chi connectivity index (χ4v) is 2.46. The van der Waals surface area contributed by atoms with Crippen LogP contribution in [0.4, 0.5) is 5.82 Å². The maximum atomic E-state index is 12.5. The molecule has 3 aromatic rings. The summed E-state index contributed by atoms with van der Waals surface area (Å²) in [5.41, 5.74) is 7.50. The lowest BCUT2D eigenvalue weighted by Crippen LogP contribution is -2.19. The van der Waals surface area contributed by atoms with Gasteiger partial charge in [-0.15, -0.1) is 5.10 Å². The summed E-state index contributed by atoms with van der Waals surface area (Å²) < 4.78 is 2.82. The Hall–Kier alpha value is -3.20. The summed E-state index contributed by atoms with van der Waals surface area (Å²) in [4.78, 5) is 23.4. The Bertz CT molecular complexity index is 975. The predicted molar refractivity (Wildman–Crippen MR) is 95.2 cm³/mol. The molecule has 3 rings (SSSR count). The van der Waals surface area contributed by atoms with Crippen LogP contribution in [0.25, 0.3) is 5.69 Å². The third-order valence-electron chi connectivity index (χ3n) is 3.75. The third kappa shape index (κ3) is 3.57. The van der Waals surface area contributed by atoms with Gasteiger partial charge in [0.2, 0.25) is 5.91 Å². The average molecular weight is 374 g/mol. The number of rotatable bonds is 5. The molecule has 2 aromatic heterocycles. The Morgan fingerprint density at radius 3 is 2.58 bits per heavy atom. The van der Waals surface area contributed by atoms with E-state index in [1.54, 1.807) is 28.9 Å². The number of nitrogens with two attached hydrogens (primary N) is 1. The average Bonchev–Trinajstić information content (AvgIpc) is 3.15. The molecule has 2 amide bonds. The van der Waals surface area contributed by atoms with Gasteiger partial charge in [-0.1, -0.05) is 16.8 Å². The summed E-state index contributed by atoms with van der Waals surface area (Å²) in [5, 5.41) is 15.3. The zero-order valence-corrected chi connectivity index (χ0v) is 14.9. The molecule has 0 radical (unpaired) electrons. The molecule has 26 heavy (non-hydrogen) atoms. The molecule has 1 aromatic carbocycles. The zero-order valence-electron chi connectivity index (χ0n) is 14.1. The van der Waals surface area contributed by atoms with E-state index in [0.717, 1.165) is 16.9 Å². The van der Waals surface area contributed by atoms with Crippen LogP contribution in [0.15, 0.2) is 30.5 Å². The van der Waals surface area contributed by atoms with Crippen molar-refractivity contribution >= 4 is 29.2 Å². The summed E-state index contributed by atoms with van der Waals surface area (Å²) in [7, 11) is 0. The van der Waals surface area contributed by atoms with E-state index in [1.165, 1.54) is 10.9 Å². The van der Waals surface area contributed by atoms with E-state index in [-0.39, 0.29) is 12.2 Å². The minimum absolute atomic E-state index is 0.0622. The monoisotopic (exact) mass is 373 g/mol. The molecule has 0 aliphatic carbocycles. The van der Waals surface area contributed by atoms with Crippen LogP contribution < -0.4 is 11.1 Å². The fourth-order valence-electron chi connectivity index (χ4n) is 2.33. The van der Waals surface area contributed by atoms with Gasteiger partial charge in [0, 0.05) is 10.6 Å². The van der Waals surface area contributed by atoms with Crippen molar-refractivity contribution in [1.82, 2.24) is 24.8 Å². The van der Waals surface area contributed by atoms with Crippen molar-refractivity contribution in [3.63, 3.8) is 0 Å². The number of nitrogens with zero attached hydrogens (tertiary/aromatic N) is 5. The second-order valence-corrected chi connectivity index (χ2v) is 6.11. The smallest absolute Gasteiger partial charge is 0.279 e. The molecule has 0 saturated heterocycles. The number of anilines is 1. The number of carbonyl (C=O) groups is 2. The Balaban J connectivity index is 1.89. The molecule has 0 fully saturated rings. The van der Waals surface area contributed by atoms with E-state index in [2.05, 4.69) is 20.7 Å². The highest BCUT2D eigenvalue weighted by molar-refractivity contribution is 6.30. The van der Waals surface area contributed by atoms with Crippen molar-refractivity contribution in [3.05, 3.63) is 52.4 Å². The van der Waals surface area contributed by atoms with Crippen molar-refractivity contribution < 1.29 is 9.59 Å². The topological polar surface area (TPSA) is 121 Å². The van der Waals surface area contributed by atoms with Gasteiger partial charge < -0.3 is 11.1 Å². The third-order valence-corrected chi connectivity index (χ3v) is 4.00. The normalized spacial score (nSPS) is 10.7. The molecule has 10 heteroatoms. The van der Waals surface area contributed by atoms with Gasteiger partial charge in [-0.25, -0.2) is 9.36 Å². The molecule has 134 valence electrons. The van der Waals surface area contributed by atoms with Crippen molar-refractivity contribution in [2.24, 2.45) is 5.73 Å². The number of primary amides is 1. The van der Waals surface area contributed by atoms with Crippen molar-refractivity contribution in [2.45, 2.75) is 20.4 Å². The highest BCUT2D eigenvalue weighted by Gasteiger charge is 2.18. The van der Waals surface area contributed by atoms with Crippen LogP contribution in [0.5, 0.6) is 0 Å². The van der Waals surface area contributed by atoms with Gasteiger partial charge in [-0.2, -0.15) is 5.10 Å². The molecular formula is C16H16ClN7O2. The standard InChI is InChI=1S/C16H16ClN7O2/c1-9-10(2)21-24(12-5-3-11(17)4-6-12)15(9)19-16(26)13-7-23(22-20-13)8-14(18)25/h3-7H,8H2,1-2H3,(H2,18,25)(H,19,26). The number of hydrogen-bond donors (Lipinski definition) is 2. The SMILES string of the molecule is Cc1nn(-c2ccc(Cl)cc2)c(NC(=O)c2cn(CC(N)=O)nn2)c1C. The molecule has 0 aliphatic heterocycles. The lowest BCUT2D eigenvalue weighted by Gasteiger charge is -2.09. The van der Waals surface area contributed by atoms with E-state index in [1.807, 2.05) is 13.8 Å². The van der Waals surface area contributed by atoms with Crippen molar-refractivity contribution in [1.29, 1.82) is 0 Å². The van der Waals surface area contributed by atoms with E-state index in [4.69, 9.17) is 17.3 Å². The maximum absolute atomic E-state index is 12.5. The van der Waals surface area contributed by atoms with E-state index >= 15 is 0 Å². The first-order valence-electron chi connectivity index (χ1n) is 7.67. The first kappa shape index (κ1) is 17.6. The molecular weight excluding hydrogens is 358 g/mol. The number of aromatic nitrogens is 5. The number of aryl methyl sites for hydroxylation is 1. The van der Waals surface area contributed by atoms with Crippen LogP contribution >= 0.6 is 11.6 Å². The van der Waals surface area contributed by atoms with Crippen molar-refractivity contribution in [2.75, 3.05) is 5.32 Å². The lowest BCUT2D eigenvalue weighted by atomic mass is 10.2. The van der Waals surface area contributed by atoms with E-state index in [0.29, 0.717) is 10.8 Å². The van der Waals surface area contributed by atoms with Crippen LogP contribution in [-0.2, 0) is 11.3 Å². The van der Waals surface area contributed by atoms with E-state index in [9.17, 15) is 9.59 Å². The Kier molecular flexibility index (Phi) is 4.72. The number of benzene rings is 1. The van der Waals surface area contributed by atoms with Crippen molar-refractivity contribution in [3.8, 4) is 5.69 Å². The van der Waals surface area contributed by atoms with Gasteiger partial charge >= 0.3 is 0 Å². The minimum atomic E-state index is -0.575. The Morgan fingerprint density at radius 2 is 1.92 bits per heavy atom. The van der Waals surface area contributed by atoms with Crippen LogP contribution in [0, 0.1) is 13.8 Å². The molecule has 0 bridgehead atoms. The second kappa shape index (κ2) is 6.96. The summed E-state index contributed by atoms with van der Waals surface area (Å²) in [6.07, 6.45) is 1.35. The largest absolute Gasteiger partial charge is 0.368 e. The first-order chi connectivity index (χ1) is 12.3. The lowest BCUT2D eigenvalue weighted by molar-refractivity contribution is -0.118. The summed E-state index contributed by atoms with van der Waals surface area (Å²) in [6.45, 7) is 3.55. The zero-order chi connectivity index (χ0) is 18.8. The molecule has 2 heterocycles. The summed E-state index contributed by atoms with van der Waals surface area (Å²) in [6, 6.07) is 7.08. The maximum Gasteiger partial charge on any atom is 0.279 e. The molecule has 0 saturated carbocycles. The molecule has 0 spiro atoms. The second-order valence-electron chi connectivity index (χ2n) is 5.67. The number of nitrogens with one attached hydrogen (secondary N) is 1. The van der Waals surface area contributed by atoms with Crippen LogP contribution in [0.2, 0.25) is 5.02 Å². The minimum Gasteiger partial charge on any atom is -0.368 e. The highest BCUT2D eigenvalue weighted by Crippen LogP contribution is 2.24. The molecule has 3 N–H and O–H groups in total. The van der Waals surface area contributed by atoms with Gasteiger partial charge in [-0.3, -0.25) is 9.59 Å². The number of halogens is 1. The van der Waals surface area contributed by atoms with Gasteiger partial charge in [0.15, 0.2) is 5.69 Å². The van der Waals surface area contributed by atoms with Gasteiger partial charge in [0.05, 0.1) is 17.6 Å². The number of amides is 2. The van der Waals surface area contributed by atoms with Crippen LogP contribution in [0.3, 0.4) is 0 Å². The Labute approximate surface area is 153 Å². The highest BCUT2D eigenvalue weighted by atomic mass is 35.5. The van der Waals surface area contributed by atoms with Gasteiger partial charge in [0.25, 0.3) is 5.91 Å². The predicted octanol–water partition coefficient (Wildman–Crippen LogP) is 1.47. The quantitative estimate of drug-likeness (QED) is 0.701. The fraction of sp³-hybridized carbons (Fsp3) is 0.188. The van der Waals surface area contributed by atoms with Gasteiger partial charge in [-0.05, 0) is 38.1 Å². The number of hydrogen-bond acceptors (Lipinski definition) is 5.